The summed E-state index contributed by atoms with van der Waals surface area (Å²) in [5.41, 5.74) is 2.15. The summed E-state index contributed by atoms with van der Waals surface area (Å²) in [7, 11) is 0. The van der Waals surface area contributed by atoms with Crippen LogP contribution in [0.4, 0.5) is 13.2 Å². The molecule has 0 aliphatic rings. The number of benzene rings is 1. The zero-order valence-corrected chi connectivity index (χ0v) is 10.3. The Morgan fingerprint density at radius 2 is 1.65 bits per heavy atom. The van der Waals surface area contributed by atoms with E-state index in [1.54, 1.807) is 6.92 Å². The third-order valence-corrected chi connectivity index (χ3v) is 2.65. The van der Waals surface area contributed by atoms with Gasteiger partial charge in [0.25, 0.3) is 0 Å². The number of hydrogen-bond acceptors (Lipinski definition) is 1. The van der Waals surface area contributed by atoms with Crippen LogP contribution >= 0.6 is 0 Å². The molecule has 1 aromatic rings. The topological polar surface area (TPSA) is 12.0 Å². The first-order valence-electron chi connectivity index (χ1n) is 5.67. The minimum absolute atomic E-state index is 0.0760. The molecule has 0 fully saturated rings. The maximum Gasteiger partial charge on any atom is 0.390 e. The van der Waals surface area contributed by atoms with Crippen LogP contribution in [0.5, 0.6) is 0 Å². The van der Waals surface area contributed by atoms with Gasteiger partial charge < -0.3 is 5.32 Å². The molecule has 0 saturated heterocycles. The Balaban J connectivity index is 2.54. The van der Waals surface area contributed by atoms with Gasteiger partial charge in [0.15, 0.2) is 0 Å². The van der Waals surface area contributed by atoms with Crippen molar-refractivity contribution in [3.8, 4) is 0 Å². The molecule has 0 bridgehead atoms. The number of hydrogen-bond donors (Lipinski definition) is 1. The summed E-state index contributed by atoms with van der Waals surface area (Å²) in [6.07, 6.45) is -4.91. The highest BCUT2D eigenvalue weighted by Gasteiger charge is 2.30. The average molecular weight is 245 g/mol. The third-order valence-electron chi connectivity index (χ3n) is 2.65. The molecular formula is C13H18F3N. The first-order valence-corrected chi connectivity index (χ1v) is 5.67. The van der Waals surface area contributed by atoms with E-state index in [-0.39, 0.29) is 6.04 Å². The zero-order valence-electron chi connectivity index (χ0n) is 10.3. The Labute approximate surface area is 100 Å². The van der Waals surface area contributed by atoms with Crippen LogP contribution in [0, 0.1) is 6.92 Å². The highest BCUT2D eigenvalue weighted by atomic mass is 19.4. The maximum atomic E-state index is 12.2. The van der Waals surface area contributed by atoms with Crippen molar-refractivity contribution in [1.29, 1.82) is 0 Å². The maximum absolute atomic E-state index is 12.2. The monoisotopic (exact) mass is 245 g/mol. The Hall–Kier alpha value is -1.03. The van der Waals surface area contributed by atoms with E-state index in [4.69, 9.17) is 0 Å². The van der Waals surface area contributed by atoms with Gasteiger partial charge in [-0.15, -0.1) is 0 Å². The molecule has 1 rings (SSSR count). The van der Waals surface area contributed by atoms with Crippen LogP contribution in [0.2, 0.25) is 0 Å². The summed E-state index contributed by atoms with van der Waals surface area (Å²) in [4.78, 5) is 0. The van der Waals surface area contributed by atoms with Crippen molar-refractivity contribution in [1.82, 2.24) is 5.32 Å². The number of aryl methyl sites for hydroxylation is 1. The Morgan fingerprint density at radius 3 is 2.12 bits per heavy atom. The number of rotatable bonds is 4. The molecule has 4 heteroatoms. The van der Waals surface area contributed by atoms with Crippen molar-refractivity contribution in [3.05, 3.63) is 35.4 Å². The van der Waals surface area contributed by atoms with Crippen molar-refractivity contribution in [3.63, 3.8) is 0 Å². The fourth-order valence-corrected chi connectivity index (χ4v) is 1.78. The lowest BCUT2D eigenvalue weighted by Crippen LogP contribution is -2.33. The molecular weight excluding hydrogens is 227 g/mol. The molecule has 1 nitrogen and oxygen atoms in total. The molecule has 0 aliphatic carbocycles. The molecule has 0 spiro atoms. The van der Waals surface area contributed by atoms with Gasteiger partial charge in [0.1, 0.15) is 0 Å². The van der Waals surface area contributed by atoms with Gasteiger partial charge >= 0.3 is 6.18 Å². The molecule has 17 heavy (non-hydrogen) atoms. The van der Waals surface area contributed by atoms with Crippen LogP contribution in [0.15, 0.2) is 24.3 Å². The first-order chi connectivity index (χ1) is 7.78. The smallest absolute Gasteiger partial charge is 0.307 e. The van der Waals surface area contributed by atoms with E-state index in [9.17, 15) is 13.2 Å². The van der Waals surface area contributed by atoms with E-state index < -0.39 is 18.6 Å². The van der Waals surface area contributed by atoms with Gasteiger partial charge in [0.2, 0.25) is 0 Å². The molecule has 1 N–H and O–H groups in total. The average Bonchev–Trinajstić information content (AvgIpc) is 2.15. The molecule has 0 aromatic heterocycles. The van der Waals surface area contributed by atoms with E-state index in [1.807, 2.05) is 38.1 Å². The van der Waals surface area contributed by atoms with Crippen LogP contribution in [0.25, 0.3) is 0 Å². The second kappa shape index (κ2) is 5.54. The van der Waals surface area contributed by atoms with E-state index >= 15 is 0 Å². The number of halogens is 3. The lowest BCUT2D eigenvalue weighted by molar-refractivity contribution is -0.139. The molecule has 0 saturated carbocycles. The number of alkyl halides is 3. The lowest BCUT2D eigenvalue weighted by Gasteiger charge is -2.21. The van der Waals surface area contributed by atoms with Gasteiger partial charge in [-0.05, 0) is 26.3 Å². The van der Waals surface area contributed by atoms with E-state index in [0.717, 1.165) is 11.1 Å². The predicted molar refractivity (Wildman–Crippen MR) is 62.9 cm³/mol. The van der Waals surface area contributed by atoms with E-state index in [0.29, 0.717) is 0 Å². The minimum Gasteiger partial charge on any atom is -0.307 e. The van der Waals surface area contributed by atoms with Gasteiger partial charge in [-0.2, -0.15) is 13.2 Å². The molecule has 96 valence electrons. The van der Waals surface area contributed by atoms with E-state index in [2.05, 4.69) is 5.32 Å². The second-order valence-corrected chi connectivity index (χ2v) is 4.52. The van der Waals surface area contributed by atoms with Crippen molar-refractivity contribution >= 4 is 0 Å². The molecule has 0 amide bonds. The van der Waals surface area contributed by atoms with Crippen molar-refractivity contribution < 1.29 is 13.2 Å². The second-order valence-electron chi connectivity index (χ2n) is 4.52. The van der Waals surface area contributed by atoms with Crippen LogP contribution in [0.3, 0.4) is 0 Å². The fraction of sp³-hybridized carbons (Fsp3) is 0.538. The van der Waals surface area contributed by atoms with Crippen molar-refractivity contribution in [2.24, 2.45) is 0 Å². The highest BCUT2D eigenvalue weighted by molar-refractivity contribution is 5.23. The molecule has 0 radical (unpaired) electrons. The Bertz CT molecular complexity index is 343. The summed E-state index contributed by atoms with van der Waals surface area (Å²) in [5.74, 6) is 0. The Kier molecular flexibility index (Phi) is 4.57. The van der Waals surface area contributed by atoms with Crippen LogP contribution in [0.1, 0.15) is 37.4 Å². The summed E-state index contributed by atoms with van der Waals surface area (Å²) in [5, 5.41) is 2.95. The van der Waals surface area contributed by atoms with E-state index in [1.165, 1.54) is 0 Å². The largest absolute Gasteiger partial charge is 0.390 e. The quantitative estimate of drug-likeness (QED) is 0.845. The normalized spacial score (nSPS) is 15.6. The van der Waals surface area contributed by atoms with Gasteiger partial charge in [0.05, 0.1) is 6.42 Å². The molecule has 2 atom stereocenters. The number of nitrogens with one attached hydrogen (secondary N) is 1. The fourth-order valence-electron chi connectivity index (χ4n) is 1.78. The molecule has 1 aromatic carbocycles. The van der Waals surface area contributed by atoms with Crippen molar-refractivity contribution in [2.75, 3.05) is 0 Å². The summed E-state index contributed by atoms with van der Waals surface area (Å²) >= 11 is 0. The first kappa shape index (κ1) is 14.0. The zero-order chi connectivity index (χ0) is 13.1. The lowest BCUT2D eigenvalue weighted by atomic mass is 10.1. The molecule has 2 unspecified atom stereocenters. The SMILES string of the molecule is Cc1ccc(C(C)NC(C)CC(F)(F)F)cc1. The van der Waals surface area contributed by atoms with Crippen molar-refractivity contribution in [2.45, 2.75) is 45.5 Å². The van der Waals surface area contributed by atoms with Crippen LogP contribution in [-0.2, 0) is 0 Å². The van der Waals surface area contributed by atoms with Crippen LogP contribution in [-0.4, -0.2) is 12.2 Å². The van der Waals surface area contributed by atoms with Crippen LogP contribution < -0.4 is 5.32 Å². The van der Waals surface area contributed by atoms with Gasteiger partial charge in [0, 0.05) is 12.1 Å². The summed E-state index contributed by atoms with van der Waals surface area (Å²) < 4.78 is 36.5. The standard InChI is InChI=1S/C13H18F3N/c1-9-4-6-12(7-5-9)11(3)17-10(2)8-13(14,15)16/h4-7,10-11,17H,8H2,1-3H3. The van der Waals surface area contributed by atoms with Gasteiger partial charge in [-0.1, -0.05) is 29.8 Å². The predicted octanol–water partition coefficient (Wildman–Crippen LogP) is 3.99. The third kappa shape index (κ3) is 5.22. The molecule has 0 aliphatic heterocycles. The van der Waals surface area contributed by atoms with Gasteiger partial charge in [-0.25, -0.2) is 0 Å². The van der Waals surface area contributed by atoms with Gasteiger partial charge in [-0.3, -0.25) is 0 Å². The highest BCUT2D eigenvalue weighted by Crippen LogP contribution is 2.23. The summed E-state index contributed by atoms with van der Waals surface area (Å²) in [6, 6.07) is 7.14. The summed E-state index contributed by atoms with van der Waals surface area (Å²) in [6.45, 7) is 5.41. The Morgan fingerprint density at radius 1 is 1.12 bits per heavy atom. The minimum atomic E-state index is -4.11. The molecule has 0 heterocycles.